The van der Waals surface area contributed by atoms with Gasteiger partial charge in [0.25, 0.3) is 11.8 Å². The van der Waals surface area contributed by atoms with E-state index in [9.17, 15) is 22.8 Å². The monoisotopic (exact) mass is 437 g/mol. The van der Waals surface area contributed by atoms with Crippen LogP contribution in [0.4, 0.5) is 4.79 Å². The molecule has 0 spiro atoms. The molecule has 1 aromatic rings. The summed E-state index contributed by atoms with van der Waals surface area (Å²) >= 11 is 0. The van der Waals surface area contributed by atoms with Gasteiger partial charge in [0.15, 0.2) is 0 Å². The molecular weight excluding hydrogens is 410 g/mol. The fourth-order valence-electron chi connectivity index (χ4n) is 3.65. The number of nitrogens with zero attached hydrogens (tertiary/aromatic N) is 2. The minimum atomic E-state index is -3.83. The van der Waals surface area contributed by atoms with Crippen LogP contribution in [0, 0.1) is 5.92 Å². The van der Waals surface area contributed by atoms with Crippen molar-refractivity contribution in [3.05, 3.63) is 29.3 Å². The predicted molar refractivity (Wildman–Crippen MR) is 109 cm³/mol. The molecule has 1 unspecified atom stereocenters. The van der Waals surface area contributed by atoms with Gasteiger partial charge < -0.3 is 9.64 Å². The zero-order valence-corrected chi connectivity index (χ0v) is 18.4. The van der Waals surface area contributed by atoms with Gasteiger partial charge in [0.1, 0.15) is 5.60 Å². The second-order valence-corrected chi connectivity index (χ2v) is 10.7. The number of carbonyl (C=O) groups is 3. The van der Waals surface area contributed by atoms with E-state index in [4.69, 9.17) is 4.74 Å². The summed E-state index contributed by atoms with van der Waals surface area (Å²) in [5.74, 6) is -1.16. The van der Waals surface area contributed by atoms with Gasteiger partial charge in [0, 0.05) is 26.7 Å². The van der Waals surface area contributed by atoms with Crippen LogP contribution in [0.3, 0.4) is 0 Å². The van der Waals surface area contributed by atoms with E-state index in [-0.39, 0.29) is 28.5 Å². The Morgan fingerprint density at radius 3 is 2.57 bits per heavy atom. The molecule has 10 heteroatoms. The number of imide groups is 1. The number of rotatable bonds is 4. The molecule has 9 nitrogen and oxygen atoms in total. The average molecular weight is 438 g/mol. The van der Waals surface area contributed by atoms with Crippen molar-refractivity contribution in [1.82, 2.24) is 14.5 Å². The molecule has 1 aromatic carbocycles. The number of nitrogens with one attached hydrogen (secondary N) is 1. The molecule has 1 saturated heterocycles. The summed E-state index contributed by atoms with van der Waals surface area (Å²) in [7, 11) is -2.20. The van der Waals surface area contributed by atoms with E-state index in [1.165, 1.54) is 27.4 Å². The van der Waals surface area contributed by atoms with Crippen molar-refractivity contribution in [2.45, 2.75) is 44.1 Å². The number of hydrogen-bond acceptors (Lipinski definition) is 6. The van der Waals surface area contributed by atoms with Crippen LogP contribution >= 0.6 is 0 Å². The molecule has 0 saturated carbocycles. The van der Waals surface area contributed by atoms with Gasteiger partial charge in [-0.3, -0.25) is 14.9 Å². The molecule has 1 atom stereocenters. The van der Waals surface area contributed by atoms with Gasteiger partial charge in [-0.2, -0.15) is 4.31 Å². The molecule has 3 amide bonds. The number of benzene rings is 1. The first-order valence-corrected chi connectivity index (χ1v) is 11.3. The van der Waals surface area contributed by atoms with E-state index in [1.54, 1.807) is 27.8 Å². The summed E-state index contributed by atoms with van der Waals surface area (Å²) in [6.07, 6.45) is 1.01. The summed E-state index contributed by atoms with van der Waals surface area (Å²) < 4.78 is 33.0. The van der Waals surface area contributed by atoms with Crippen molar-refractivity contribution in [2.24, 2.45) is 5.92 Å². The van der Waals surface area contributed by atoms with E-state index >= 15 is 0 Å². The molecule has 0 radical (unpaired) electrons. The number of amides is 3. The summed E-state index contributed by atoms with van der Waals surface area (Å²) in [5, 5.41) is 2.16. The highest BCUT2D eigenvalue weighted by Gasteiger charge is 2.34. The second kappa shape index (κ2) is 7.99. The van der Waals surface area contributed by atoms with Gasteiger partial charge in [-0.05, 0) is 57.7 Å². The Bertz CT molecular complexity index is 983. The highest BCUT2D eigenvalue weighted by molar-refractivity contribution is 7.89. The van der Waals surface area contributed by atoms with Gasteiger partial charge in [0.05, 0.1) is 16.0 Å². The lowest BCUT2D eigenvalue weighted by atomic mass is 9.99. The smallest absolute Gasteiger partial charge is 0.410 e. The van der Waals surface area contributed by atoms with E-state index in [2.05, 4.69) is 5.32 Å². The number of carbonyl (C=O) groups excluding carboxylic acids is 3. The zero-order chi connectivity index (χ0) is 22.3. The molecule has 164 valence electrons. The highest BCUT2D eigenvalue weighted by Crippen LogP contribution is 2.27. The van der Waals surface area contributed by atoms with Crippen molar-refractivity contribution in [2.75, 3.05) is 26.7 Å². The Kier molecular flexibility index (Phi) is 5.92. The molecule has 3 rings (SSSR count). The van der Waals surface area contributed by atoms with Crippen LogP contribution in [-0.4, -0.2) is 67.8 Å². The number of sulfonamides is 1. The van der Waals surface area contributed by atoms with Crippen LogP contribution in [0.25, 0.3) is 0 Å². The van der Waals surface area contributed by atoms with Crippen LogP contribution in [0.2, 0.25) is 0 Å². The fourth-order valence-corrected chi connectivity index (χ4v) is 5.23. The topological polar surface area (TPSA) is 113 Å². The highest BCUT2D eigenvalue weighted by atomic mass is 32.2. The Balaban J connectivity index is 1.72. The van der Waals surface area contributed by atoms with Crippen molar-refractivity contribution >= 4 is 27.9 Å². The van der Waals surface area contributed by atoms with E-state index in [0.717, 1.165) is 6.42 Å². The summed E-state index contributed by atoms with van der Waals surface area (Å²) in [6.45, 7) is 6.37. The predicted octanol–water partition coefficient (Wildman–Crippen LogP) is 1.84. The summed E-state index contributed by atoms with van der Waals surface area (Å²) in [5.41, 5.74) is -0.358. The number of piperidine rings is 1. The normalized spacial score (nSPS) is 19.9. The molecule has 0 aromatic heterocycles. The first-order valence-electron chi connectivity index (χ1n) is 9.82. The van der Waals surface area contributed by atoms with Gasteiger partial charge >= 0.3 is 6.09 Å². The number of hydrogen-bond donors (Lipinski definition) is 1. The van der Waals surface area contributed by atoms with Crippen molar-refractivity contribution < 1.29 is 27.5 Å². The second-order valence-electron chi connectivity index (χ2n) is 8.72. The molecular formula is C20H27N3O6S. The lowest BCUT2D eigenvalue weighted by Gasteiger charge is -2.34. The molecule has 0 bridgehead atoms. The molecule has 1 fully saturated rings. The lowest BCUT2D eigenvalue weighted by Crippen LogP contribution is -2.44. The maximum Gasteiger partial charge on any atom is 0.410 e. The van der Waals surface area contributed by atoms with Gasteiger partial charge in [-0.25, -0.2) is 13.2 Å². The van der Waals surface area contributed by atoms with Crippen molar-refractivity contribution in [3.8, 4) is 0 Å². The number of fused-ring (bicyclic) bond motifs is 1. The molecule has 0 aliphatic carbocycles. The Labute approximate surface area is 176 Å². The van der Waals surface area contributed by atoms with Gasteiger partial charge in [-0.15, -0.1) is 0 Å². The quantitative estimate of drug-likeness (QED) is 0.719. The van der Waals surface area contributed by atoms with Crippen LogP contribution in [-0.2, 0) is 14.8 Å². The van der Waals surface area contributed by atoms with Crippen molar-refractivity contribution in [3.63, 3.8) is 0 Å². The molecule has 2 aliphatic heterocycles. The fraction of sp³-hybridized carbons (Fsp3) is 0.550. The third kappa shape index (κ3) is 4.65. The minimum Gasteiger partial charge on any atom is -0.444 e. The first kappa shape index (κ1) is 22.2. The molecule has 2 heterocycles. The Morgan fingerprint density at radius 1 is 1.23 bits per heavy atom. The maximum absolute atomic E-state index is 13.1. The molecule has 1 N–H and O–H groups in total. The molecule has 2 aliphatic rings. The maximum atomic E-state index is 13.1. The van der Waals surface area contributed by atoms with Crippen LogP contribution in [0.1, 0.15) is 54.3 Å². The SMILES string of the molecule is CN(CC1CCCN(S(=O)(=O)c2ccc3c(c2)C(=O)NC3=O)C1)C(=O)OC(C)(C)C. The van der Waals surface area contributed by atoms with Crippen LogP contribution in [0.15, 0.2) is 23.1 Å². The van der Waals surface area contributed by atoms with Crippen LogP contribution < -0.4 is 5.32 Å². The van der Waals surface area contributed by atoms with E-state index < -0.39 is 33.5 Å². The average Bonchev–Trinajstić information content (AvgIpc) is 2.94. The Hall–Kier alpha value is -2.46. The minimum absolute atomic E-state index is 0.0211. The van der Waals surface area contributed by atoms with E-state index in [0.29, 0.717) is 19.5 Å². The zero-order valence-electron chi connectivity index (χ0n) is 17.6. The summed E-state index contributed by atoms with van der Waals surface area (Å²) in [4.78, 5) is 37.2. The third-order valence-electron chi connectivity index (χ3n) is 5.06. The van der Waals surface area contributed by atoms with Crippen LogP contribution in [0.5, 0.6) is 0 Å². The number of ether oxygens (including phenoxy) is 1. The van der Waals surface area contributed by atoms with Crippen molar-refractivity contribution in [1.29, 1.82) is 0 Å². The third-order valence-corrected chi connectivity index (χ3v) is 6.93. The van der Waals surface area contributed by atoms with Gasteiger partial charge in [-0.1, -0.05) is 0 Å². The Morgan fingerprint density at radius 2 is 1.90 bits per heavy atom. The molecule has 30 heavy (non-hydrogen) atoms. The summed E-state index contributed by atoms with van der Waals surface area (Å²) in [6, 6.07) is 3.96. The largest absolute Gasteiger partial charge is 0.444 e. The first-order chi connectivity index (χ1) is 13.9. The standard InChI is InChI=1S/C20H27N3O6S/c1-20(2,3)29-19(26)22(4)11-13-6-5-9-23(12-13)30(27,28)14-7-8-15-16(10-14)18(25)21-17(15)24/h7-8,10,13H,5-6,9,11-12H2,1-4H3,(H,21,24,25). The lowest BCUT2D eigenvalue weighted by molar-refractivity contribution is 0.0258. The van der Waals surface area contributed by atoms with Gasteiger partial charge in [0.2, 0.25) is 10.0 Å². The van der Waals surface area contributed by atoms with E-state index in [1.807, 2.05) is 0 Å².